The molecule has 3 N–H and O–H groups in total. The second kappa shape index (κ2) is 6.15. The van der Waals surface area contributed by atoms with Crippen LogP contribution in [0.25, 0.3) is 0 Å². The maximum atomic E-state index is 13.6. The van der Waals surface area contributed by atoms with Gasteiger partial charge in [0.05, 0.1) is 24.8 Å². The monoisotopic (exact) mass is 319 g/mol. The van der Waals surface area contributed by atoms with Gasteiger partial charge in [0.15, 0.2) is 0 Å². The SMILES string of the molecule is O=C(O)N1CCOC(c2ccc(Cl)c(F)c2)C(O)(CO)C1. The van der Waals surface area contributed by atoms with E-state index in [4.69, 9.17) is 21.4 Å². The van der Waals surface area contributed by atoms with Crippen molar-refractivity contribution in [3.63, 3.8) is 0 Å². The number of ether oxygens (including phenoxy) is 1. The Hall–Kier alpha value is -1.41. The summed E-state index contributed by atoms with van der Waals surface area (Å²) >= 11 is 5.61. The molecule has 1 heterocycles. The molecule has 0 aliphatic carbocycles. The Morgan fingerprint density at radius 2 is 2.29 bits per heavy atom. The average Bonchev–Trinajstić information content (AvgIpc) is 2.62. The molecule has 0 saturated carbocycles. The fourth-order valence-electron chi connectivity index (χ4n) is 2.31. The van der Waals surface area contributed by atoms with E-state index in [-0.39, 0.29) is 30.3 Å². The zero-order valence-electron chi connectivity index (χ0n) is 11.0. The van der Waals surface area contributed by atoms with Gasteiger partial charge in [0.1, 0.15) is 17.5 Å². The van der Waals surface area contributed by atoms with Crippen LogP contribution in [0.15, 0.2) is 18.2 Å². The van der Waals surface area contributed by atoms with E-state index in [9.17, 15) is 19.4 Å². The lowest BCUT2D eigenvalue weighted by Crippen LogP contribution is -2.50. The van der Waals surface area contributed by atoms with Crippen molar-refractivity contribution in [1.29, 1.82) is 0 Å². The summed E-state index contributed by atoms with van der Waals surface area (Å²) < 4.78 is 19.0. The number of carbonyl (C=O) groups is 1. The highest BCUT2D eigenvalue weighted by Gasteiger charge is 2.43. The molecular weight excluding hydrogens is 305 g/mol. The number of amides is 1. The van der Waals surface area contributed by atoms with Crippen molar-refractivity contribution in [2.24, 2.45) is 0 Å². The summed E-state index contributed by atoms with van der Waals surface area (Å²) in [5.41, 5.74) is -1.59. The molecule has 1 amide bonds. The van der Waals surface area contributed by atoms with Crippen molar-refractivity contribution in [1.82, 2.24) is 4.90 Å². The lowest BCUT2D eigenvalue weighted by Gasteiger charge is -2.34. The number of benzene rings is 1. The minimum Gasteiger partial charge on any atom is -0.465 e. The van der Waals surface area contributed by atoms with Crippen LogP contribution in [0.5, 0.6) is 0 Å². The number of carboxylic acid groups (broad SMARTS) is 1. The van der Waals surface area contributed by atoms with Gasteiger partial charge in [0.25, 0.3) is 0 Å². The maximum Gasteiger partial charge on any atom is 0.407 e. The third-order valence-electron chi connectivity index (χ3n) is 3.39. The molecule has 1 aliphatic heterocycles. The molecule has 2 atom stereocenters. The summed E-state index contributed by atoms with van der Waals surface area (Å²) in [7, 11) is 0. The molecule has 6 nitrogen and oxygen atoms in total. The first-order valence-electron chi connectivity index (χ1n) is 6.25. The highest BCUT2D eigenvalue weighted by Crippen LogP contribution is 2.34. The first kappa shape index (κ1) is 16.0. The quantitative estimate of drug-likeness (QED) is 0.763. The van der Waals surface area contributed by atoms with Crippen molar-refractivity contribution in [3.8, 4) is 0 Å². The number of hydrogen-bond donors (Lipinski definition) is 3. The second-order valence-corrected chi connectivity index (χ2v) is 5.30. The standard InChI is InChI=1S/C13H15ClFNO5/c14-9-2-1-8(5-10(9)15)11-13(20,7-17)6-16(12(18)19)3-4-21-11/h1-2,5,11,17,20H,3-4,6-7H2,(H,18,19). The molecule has 0 radical (unpaired) electrons. The maximum absolute atomic E-state index is 13.6. The third-order valence-corrected chi connectivity index (χ3v) is 3.70. The molecule has 0 aromatic heterocycles. The molecule has 2 rings (SSSR count). The van der Waals surface area contributed by atoms with Crippen LogP contribution < -0.4 is 0 Å². The van der Waals surface area contributed by atoms with Gasteiger partial charge in [-0.2, -0.15) is 0 Å². The van der Waals surface area contributed by atoms with Gasteiger partial charge in [-0.25, -0.2) is 9.18 Å². The minimum atomic E-state index is -1.87. The van der Waals surface area contributed by atoms with Gasteiger partial charge in [0, 0.05) is 6.54 Å². The smallest absolute Gasteiger partial charge is 0.407 e. The first-order valence-corrected chi connectivity index (χ1v) is 6.63. The van der Waals surface area contributed by atoms with Crippen LogP contribution in [0.1, 0.15) is 11.7 Å². The number of nitrogens with zero attached hydrogens (tertiary/aromatic N) is 1. The lowest BCUT2D eigenvalue weighted by atomic mass is 9.91. The third kappa shape index (κ3) is 3.26. The van der Waals surface area contributed by atoms with E-state index in [1.54, 1.807) is 0 Å². The molecule has 0 bridgehead atoms. The zero-order valence-corrected chi connectivity index (χ0v) is 11.8. The van der Waals surface area contributed by atoms with Gasteiger partial charge in [0.2, 0.25) is 0 Å². The summed E-state index contributed by atoms with van der Waals surface area (Å²) in [5.74, 6) is -0.683. The summed E-state index contributed by atoms with van der Waals surface area (Å²) in [6.45, 7) is -1.01. The predicted molar refractivity (Wildman–Crippen MR) is 71.7 cm³/mol. The van der Waals surface area contributed by atoms with Crippen molar-refractivity contribution < 1.29 is 29.2 Å². The molecule has 1 fully saturated rings. The van der Waals surface area contributed by atoms with Gasteiger partial charge in [-0.05, 0) is 17.7 Å². The molecule has 1 aromatic carbocycles. The molecule has 8 heteroatoms. The molecule has 2 unspecified atom stereocenters. The highest BCUT2D eigenvalue weighted by molar-refractivity contribution is 6.30. The van der Waals surface area contributed by atoms with E-state index >= 15 is 0 Å². The van der Waals surface area contributed by atoms with Crippen LogP contribution in [-0.4, -0.2) is 58.2 Å². The number of halogens is 2. The molecule has 1 aromatic rings. The number of hydrogen-bond acceptors (Lipinski definition) is 4. The molecular formula is C13H15ClFNO5. The lowest BCUT2D eigenvalue weighted by molar-refractivity contribution is -0.124. The fourth-order valence-corrected chi connectivity index (χ4v) is 2.42. The summed E-state index contributed by atoms with van der Waals surface area (Å²) in [4.78, 5) is 12.0. The fraction of sp³-hybridized carbons (Fsp3) is 0.462. The van der Waals surface area contributed by atoms with E-state index in [0.717, 1.165) is 11.0 Å². The Bertz CT molecular complexity index is 543. The number of β-amino-alcohol motifs (C(OH)–C–C–N with tert-alkyl or cyclic N) is 1. The summed E-state index contributed by atoms with van der Waals surface area (Å²) in [6, 6.07) is 3.88. The molecule has 1 aliphatic rings. The van der Waals surface area contributed by atoms with Gasteiger partial charge >= 0.3 is 6.09 Å². The van der Waals surface area contributed by atoms with Crippen molar-refractivity contribution >= 4 is 17.7 Å². The van der Waals surface area contributed by atoms with Crippen LogP contribution in [0, 0.1) is 5.82 Å². The second-order valence-electron chi connectivity index (χ2n) is 4.89. The zero-order chi connectivity index (χ0) is 15.6. The van der Waals surface area contributed by atoms with E-state index in [2.05, 4.69) is 0 Å². The average molecular weight is 320 g/mol. The van der Waals surface area contributed by atoms with Crippen molar-refractivity contribution in [2.75, 3.05) is 26.3 Å². The molecule has 1 saturated heterocycles. The van der Waals surface area contributed by atoms with Crippen LogP contribution in [0.2, 0.25) is 5.02 Å². The van der Waals surface area contributed by atoms with Gasteiger partial charge in [-0.3, -0.25) is 0 Å². The van der Waals surface area contributed by atoms with Crippen LogP contribution in [0.3, 0.4) is 0 Å². The molecule has 116 valence electrons. The van der Waals surface area contributed by atoms with E-state index in [1.165, 1.54) is 12.1 Å². The Labute approximate surface area is 125 Å². The largest absolute Gasteiger partial charge is 0.465 e. The number of aliphatic hydroxyl groups excluding tert-OH is 1. The normalized spacial score (nSPS) is 26.5. The number of aliphatic hydroxyl groups is 2. The van der Waals surface area contributed by atoms with Crippen molar-refractivity contribution in [2.45, 2.75) is 11.7 Å². The minimum absolute atomic E-state index is 0.0174. The topological polar surface area (TPSA) is 90.2 Å². The predicted octanol–water partition coefficient (Wildman–Crippen LogP) is 1.25. The van der Waals surface area contributed by atoms with Crippen LogP contribution >= 0.6 is 11.6 Å². The summed E-state index contributed by atoms with van der Waals surface area (Å²) in [5, 5.41) is 28.9. The highest BCUT2D eigenvalue weighted by atomic mass is 35.5. The van der Waals surface area contributed by atoms with Crippen molar-refractivity contribution in [3.05, 3.63) is 34.6 Å². The van der Waals surface area contributed by atoms with Gasteiger partial charge < -0.3 is 25.0 Å². The Kier molecular flexibility index (Phi) is 4.67. The Morgan fingerprint density at radius 3 is 2.86 bits per heavy atom. The van der Waals surface area contributed by atoms with Gasteiger partial charge in [-0.1, -0.05) is 17.7 Å². The molecule has 21 heavy (non-hydrogen) atoms. The number of rotatable bonds is 2. The van der Waals surface area contributed by atoms with Crippen LogP contribution in [-0.2, 0) is 4.74 Å². The molecule has 0 spiro atoms. The van der Waals surface area contributed by atoms with E-state index in [0.29, 0.717) is 0 Å². The van der Waals surface area contributed by atoms with Crippen LogP contribution in [0.4, 0.5) is 9.18 Å². The summed E-state index contributed by atoms with van der Waals surface area (Å²) in [6.07, 6.45) is -2.29. The van der Waals surface area contributed by atoms with E-state index < -0.39 is 30.2 Å². The van der Waals surface area contributed by atoms with Gasteiger partial charge in [-0.15, -0.1) is 0 Å². The first-order chi connectivity index (χ1) is 9.87. The van der Waals surface area contributed by atoms with E-state index in [1.807, 2.05) is 0 Å². The Morgan fingerprint density at radius 1 is 1.57 bits per heavy atom. The Balaban J connectivity index is 2.36.